The van der Waals surface area contributed by atoms with Crippen molar-refractivity contribution in [1.29, 1.82) is 0 Å². The summed E-state index contributed by atoms with van der Waals surface area (Å²) < 4.78 is 11.9. The number of benzene rings is 2. The molecule has 0 unspecified atom stereocenters. The lowest BCUT2D eigenvalue weighted by atomic mass is 10.0. The third kappa shape index (κ3) is 3.79. The number of anilines is 1. The van der Waals surface area contributed by atoms with Crippen LogP contribution in [0.3, 0.4) is 0 Å². The highest BCUT2D eigenvalue weighted by atomic mass is 16.5. The highest BCUT2D eigenvalue weighted by molar-refractivity contribution is 6.40. The summed E-state index contributed by atoms with van der Waals surface area (Å²) in [6, 6.07) is 15.1. The minimum Gasteiger partial charge on any atom is -0.462 e. The second-order valence-electron chi connectivity index (χ2n) is 8.31. The molecule has 170 valence electrons. The number of ether oxygens (including phenoxy) is 1. The standard InChI is InChI=1S/C29H25NO4/c1-4-30(5-2)21-11-10-19-15-23(34-26(19)17-21)13-12-22-16-20(14-18(3)33-22)27-28(31)24-8-6-7-9-25(24)29(27)32/h6-17H,4-5H2,1-3H3. The van der Waals surface area contributed by atoms with Gasteiger partial charge in [0.2, 0.25) is 0 Å². The molecule has 34 heavy (non-hydrogen) atoms. The summed E-state index contributed by atoms with van der Waals surface area (Å²) in [7, 11) is 0. The molecule has 1 aliphatic heterocycles. The molecule has 1 aliphatic carbocycles. The number of fused-ring (bicyclic) bond motifs is 2. The van der Waals surface area contributed by atoms with Gasteiger partial charge in [0.25, 0.3) is 0 Å². The summed E-state index contributed by atoms with van der Waals surface area (Å²) in [5, 5.41) is 1.02. The first-order valence-electron chi connectivity index (χ1n) is 11.5. The van der Waals surface area contributed by atoms with Crippen LogP contribution < -0.4 is 4.90 Å². The van der Waals surface area contributed by atoms with Crippen molar-refractivity contribution in [2.45, 2.75) is 20.8 Å². The molecule has 1 aromatic heterocycles. The summed E-state index contributed by atoms with van der Waals surface area (Å²) in [5.74, 6) is 1.33. The Morgan fingerprint density at radius 2 is 1.59 bits per heavy atom. The van der Waals surface area contributed by atoms with Gasteiger partial charge in [0.05, 0.1) is 5.57 Å². The lowest BCUT2D eigenvalue weighted by Gasteiger charge is -2.20. The molecule has 0 spiro atoms. The Hall–Kier alpha value is -4.12. The van der Waals surface area contributed by atoms with E-state index in [4.69, 9.17) is 9.15 Å². The fourth-order valence-corrected chi connectivity index (χ4v) is 4.47. The van der Waals surface area contributed by atoms with Crippen LogP contribution in [0, 0.1) is 0 Å². The van der Waals surface area contributed by atoms with Gasteiger partial charge < -0.3 is 14.1 Å². The normalized spacial score (nSPS) is 15.6. The number of Topliss-reactive ketones (excluding diaryl/α,β-unsaturated/α-hetero) is 2. The summed E-state index contributed by atoms with van der Waals surface area (Å²) in [5.41, 5.74) is 3.59. The second-order valence-corrected chi connectivity index (χ2v) is 8.31. The minimum atomic E-state index is -0.248. The van der Waals surface area contributed by atoms with Crippen LogP contribution in [0.5, 0.6) is 0 Å². The third-order valence-corrected chi connectivity index (χ3v) is 6.16. The summed E-state index contributed by atoms with van der Waals surface area (Å²) in [6.07, 6.45) is 7.07. The van der Waals surface area contributed by atoms with Crippen molar-refractivity contribution in [2.24, 2.45) is 0 Å². The SMILES string of the molecule is CCN(CC)c1ccc2cc(C=CC3=CC(=C4C(=O)c5ccccc5C4=O)C=C(C)O3)oc2c1. The van der Waals surface area contributed by atoms with Gasteiger partial charge in [-0.15, -0.1) is 0 Å². The van der Waals surface area contributed by atoms with Crippen LogP contribution in [-0.4, -0.2) is 24.7 Å². The highest BCUT2D eigenvalue weighted by Crippen LogP contribution is 2.32. The first-order valence-corrected chi connectivity index (χ1v) is 11.5. The maximum absolute atomic E-state index is 12.9. The van der Waals surface area contributed by atoms with Gasteiger partial charge in [0, 0.05) is 41.4 Å². The van der Waals surface area contributed by atoms with Crippen LogP contribution in [0.4, 0.5) is 5.69 Å². The third-order valence-electron chi connectivity index (χ3n) is 6.16. The topological polar surface area (TPSA) is 59.8 Å². The number of hydrogen-bond acceptors (Lipinski definition) is 5. The molecule has 0 N–H and O–H groups in total. The van der Waals surface area contributed by atoms with Crippen molar-refractivity contribution in [3.8, 4) is 0 Å². The van der Waals surface area contributed by atoms with Gasteiger partial charge in [-0.25, -0.2) is 0 Å². The van der Waals surface area contributed by atoms with Gasteiger partial charge >= 0.3 is 0 Å². The molecule has 0 amide bonds. The number of hydrogen-bond donors (Lipinski definition) is 0. The van der Waals surface area contributed by atoms with E-state index >= 15 is 0 Å². The van der Waals surface area contributed by atoms with E-state index in [1.165, 1.54) is 0 Å². The lowest BCUT2D eigenvalue weighted by Crippen LogP contribution is -2.21. The van der Waals surface area contributed by atoms with Crippen LogP contribution in [-0.2, 0) is 4.74 Å². The van der Waals surface area contributed by atoms with Crippen molar-refractivity contribution in [3.63, 3.8) is 0 Å². The molecule has 2 aliphatic rings. The molecule has 5 rings (SSSR count). The molecule has 3 aromatic rings. The van der Waals surface area contributed by atoms with E-state index in [0.29, 0.717) is 34.0 Å². The van der Waals surface area contributed by atoms with E-state index in [2.05, 4.69) is 36.9 Å². The van der Waals surface area contributed by atoms with Gasteiger partial charge in [0.1, 0.15) is 22.9 Å². The second kappa shape index (κ2) is 8.67. The van der Waals surface area contributed by atoms with E-state index < -0.39 is 0 Å². The molecule has 5 heteroatoms. The first-order chi connectivity index (χ1) is 16.5. The van der Waals surface area contributed by atoms with Gasteiger partial charge in [-0.1, -0.05) is 24.3 Å². The molecule has 0 bridgehead atoms. The Kier molecular flexibility index (Phi) is 5.54. The first kappa shape index (κ1) is 21.7. The summed E-state index contributed by atoms with van der Waals surface area (Å²) in [6.45, 7) is 7.93. The van der Waals surface area contributed by atoms with Gasteiger partial charge in [-0.3, -0.25) is 9.59 Å². The van der Waals surface area contributed by atoms with E-state index in [1.54, 1.807) is 49.4 Å². The molecular weight excluding hydrogens is 426 g/mol. The fraction of sp³-hybridized carbons (Fsp3) is 0.172. The molecule has 0 radical (unpaired) electrons. The maximum Gasteiger partial charge on any atom is 0.198 e. The molecule has 0 saturated carbocycles. The van der Waals surface area contributed by atoms with Crippen LogP contribution in [0.1, 0.15) is 47.2 Å². The Morgan fingerprint density at radius 3 is 2.26 bits per heavy atom. The van der Waals surface area contributed by atoms with Gasteiger partial charge in [-0.05, 0) is 68.8 Å². The Labute approximate surface area is 198 Å². The molecule has 5 nitrogen and oxygen atoms in total. The van der Waals surface area contributed by atoms with Crippen molar-refractivity contribution >= 4 is 34.3 Å². The fourth-order valence-electron chi connectivity index (χ4n) is 4.47. The molecule has 2 aromatic carbocycles. The number of allylic oxidation sites excluding steroid dienone is 6. The number of carbonyl (C=O) groups is 2. The zero-order valence-electron chi connectivity index (χ0n) is 19.4. The average molecular weight is 452 g/mol. The van der Waals surface area contributed by atoms with Crippen molar-refractivity contribution < 1.29 is 18.7 Å². The zero-order chi connectivity index (χ0) is 23.8. The number of ketones is 2. The van der Waals surface area contributed by atoms with Gasteiger partial charge in [0.15, 0.2) is 11.6 Å². The van der Waals surface area contributed by atoms with Gasteiger partial charge in [-0.2, -0.15) is 0 Å². The highest BCUT2D eigenvalue weighted by Gasteiger charge is 2.35. The number of carbonyl (C=O) groups excluding carboxylic acids is 2. The van der Waals surface area contributed by atoms with E-state index in [9.17, 15) is 9.59 Å². The summed E-state index contributed by atoms with van der Waals surface area (Å²) >= 11 is 0. The van der Waals surface area contributed by atoms with Crippen LogP contribution in [0.15, 0.2) is 93.8 Å². The smallest absolute Gasteiger partial charge is 0.198 e. The zero-order valence-corrected chi connectivity index (χ0v) is 19.4. The Bertz CT molecular complexity index is 1410. The quantitative estimate of drug-likeness (QED) is 0.328. The molecule has 0 saturated heterocycles. The number of rotatable bonds is 5. The number of nitrogens with zero attached hydrogens (tertiary/aromatic N) is 1. The molecule has 2 heterocycles. The average Bonchev–Trinajstić information content (AvgIpc) is 3.36. The van der Waals surface area contributed by atoms with Crippen molar-refractivity contribution in [2.75, 3.05) is 18.0 Å². The monoisotopic (exact) mass is 451 g/mol. The van der Waals surface area contributed by atoms with E-state index in [-0.39, 0.29) is 17.1 Å². The molecule has 0 atom stereocenters. The predicted molar refractivity (Wildman–Crippen MR) is 134 cm³/mol. The van der Waals surface area contributed by atoms with E-state index in [0.717, 1.165) is 29.7 Å². The van der Waals surface area contributed by atoms with Crippen molar-refractivity contribution in [3.05, 3.63) is 106 Å². The van der Waals surface area contributed by atoms with E-state index in [1.807, 2.05) is 12.1 Å². The molecular formula is C29H25NO4. The Morgan fingerprint density at radius 1 is 0.882 bits per heavy atom. The largest absolute Gasteiger partial charge is 0.462 e. The van der Waals surface area contributed by atoms with Crippen LogP contribution >= 0.6 is 0 Å². The maximum atomic E-state index is 12.9. The Balaban J connectivity index is 1.45. The predicted octanol–water partition coefficient (Wildman–Crippen LogP) is 6.49. The van der Waals surface area contributed by atoms with Crippen LogP contribution in [0.2, 0.25) is 0 Å². The minimum absolute atomic E-state index is 0.183. The van der Waals surface area contributed by atoms with Crippen molar-refractivity contribution in [1.82, 2.24) is 0 Å². The number of furan rings is 1. The molecule has 0 fully saturated rings. The lowest BCUT2D eigenvalue weighted by molar-refractivity contribution is 0.0988. The van der Waals surface area contributed by atoms with Crippen LogP contribution in [0.25, 0.3) is 17.0 Å². The summed E-state index contributed by atoms with van der Waals surface area (Å²) in [4.78, 5) is 28.1.